The summed E-state index contributed by atoms with van der Waals surface area (Å²) >= 11 is 0. The predicted octanol–water partition coefficient (Wildman–Crippen LogP) is 3.15. The summed E-state index contributed by atoms with van der Waals surface area (Å²) in [6.45, 7) is 0.450. The number of aromatic nitrogens is 1. The van der Waals surface area contributed by atoms with Crippen LogP contribution >= 0.6 is 0 Å². The molecule has 18 heavy (non-hydrogen) atoms. The molecule has 0 fully saturated rings. The highest BCUT2D eigenvalue weighted by Gasteiger charge is 1.85. The molecular weight excluding hydrogens is 224 g/mol. The number of hydrogen-bond acceptors (Lipinski definition) is 3. The van der Waals surface area contributed by atoms with Gasteiger partial charge in [0.1, 0.15) is 6.61 Å². The molecule has 0 unspecified atom stereocenters. The van der Waals surface area contributed by atoms with Crippen LogP contribution in [0.4, 0.5) is 0 Å². The first-order chi connectivity index (χ1) is 8.95. The topological polar surface area (TPSA) is 34.5 Å². The van der Waals surface area contributed by atoms with Crippen molar-refractivity contribution in [3.8, 4) is 0 Å². The smallest absolute Gasteiger partial charge is 0.135 e. The van der Waals surface area contributed by atoms with Crippen molar-refractivity contribution >= 4 is 12.3 Å². The third-order valence-electron chi connectivity index (χ3n) is 2.24. The lowest BCUT2D eigenvalue weighted by atomic mass is 10.2. The van der Waals surface area contributed by atoms with Crippen LogP contribution in [0.3, 0.4) is 0 Å². The molecule has 0 atom stereocenters. The summed E-state index contributed by atoms with van der Waals surface area (Å²) in [4.78, 5) is 9.09. The normalized spacial score (nSPS) is 11.1. The average molecular weight is 238 g/mol. The van der Waals surface area contributed by atoms with Crippen molar-refractivity contribution < 1.29 is 4.84 Å². The summed E-state index contributed by atoms with van der Waals surface area (Å²) in [6, 6.07) is 13.8. The van der Waals surface area contributed by atoms with Gasteiger partial charge < -0.3 is 4.84 Å². The van der Waals surface area contributed by atoms with Gasteiger partial charge in [0.25, 0.3) is 0 Å². The summed E-state index contributed by atoms with van der Waals surface area (Å²) in [5.41, 5.74) is 2.07. The number of rotatable bonds is 5. The Balaban J connectivity index is 1.73. The maximum Gasteiger partial charge on any atom is 0.135 e. The van der Waals surface area contributed by atoms with Gasteiger partial charge in [0, 0.05) is 18.0 Å². The second-order valence-electron chi connectivity index (χ2n) is 3.63. The Kier molecular flexibility index (Phi) is 4.69. The van der Waals surface area contributed by atoms with E-state index in [0.717, 1.165) is 11.1 Å². The fourth-order valence-corrected chi connectivity index (χ4v) is 1.38. The number of nitrogens with zero attached hydrogens (tertiary/aromatic N) is 2. The second kappa shape index (κ2) is 7.01. The van der Waals surface area contributed by atoms with Crippen LogP contribution in [0.25, 0.3) is 6.08 Å². The largest absolute Gasteiger partial charge is 0.392 e. The van der Waals surface area contributed by atoms with E-state index in [0.29, 0.717) is 6.61 Å². The molecule has 0 saturated carbocycles. The summed E-state index contributed by atoms with van der Waals surface area (Å²) in [7, 11) is 0. The van der Waals surface area contributed by atoms with E-state index < -0.39 is 0 Å². The van der Waals surface area contributed by atoms with Gasteiger partial charge in [-0.15, -0.1) is 0 Å². The lowest BCUT2D eigenvalue weighted by molar-refractivity contribution is 0.177. The molecule has 3 heteroatoms. The maximum atomic E-state index is 5.11. The molecule has 0 N–H and O–H groups in total. The number of pyridine rings is 1. The highest BCUT2D eigenvalue weighted by molar-refractivity contribution is 5.78. The summed E-state index contributed by atoms with van der Waals surface area (Å²) in [6.07, 6.45) is 9.02. The highest BCUT2D eigenvalue weighted by atomic mass is 16.6. The van der Waals surface area contributed by atoms with Crippen LogP contribution in [0.2, 0.25) is 0 Å². The summed E-state index contributed by atoms with van der Waals surface area (Å²) in [5, 5.41) is 3.86. The molecule has 2 aromatic rings. The molecule has 0 aliphatic carbocycles. The van der Waals surface area contributed by atoms with E-state index in [1.165, 1.54) is 0 Å². The Hall–Kier alpha value is -2.42. The number of hydrogen-bond donors (Lipinski definition) is 0. The molecule has 0 aliphatic heterocycles. The van der Waals surface area contributed by atoms with E-state index >= 15 is 0 Å². The molecule has 1 aromatic heterocycles. The van der Waals surface area contributed by atoms with Gasteiger partial charge >= 0.3 is 0 Å². The van der Waals surface area contributed by atoms with Crippen molar-refractivity contribution in [2.45, 2.75) is 0 Å². The Bertz CT molecular complexity index is 457. The minimum absolute atomic E-state index is 0.450. The zero-order valence-electron chi connectivity index (χ0n) is 9.94. The standard InChI is InChI=1S/C15H14N2O/c1-2-6-14(7-3-1)9-5-11-18-17-13-15-8-4-10-16-12-15/h1-10,12-13H,11H2/b9-5?,17-13+. The predicted molar refractivity (Wildman–Crippen MR) is 73.3 cm³/mol. The van der Waals surface area contributed by atoms with Crippen LogP contribution in [0.15, 0.2) is 66.1 Å². The Labute approximate surface area is 106 Å². The van der Waals surface area contributed by atoms with Crippen LogP contribution in [-0.2, 0) is 4.84 Å². The first-order valence-corrected chi connectivity index (χ1v) is 5.72. The minimum atomic E-state index is 0.450. The molecule has 0 bridgehead atoms. The maximum absolute atomic E-state index is 5.11. The van der Waals surface area contributed by atoms with E-state index in [1.807, 2.05) is 54.6 Å². The summed E-state index contributed by atoms with van der Waals surface area (Å²) in [5.74, 6) is 0. The van der Waals surface area contributed by atoms with Gasteiger partial charge in [-0.2, -0.15) is 0 Å². The fraction of sp³-hybridized carbons (Fsp3) is 0.0667. The minimum Gasteiger partial charge on any atom is -0.392 e. The number of benzene rings is 1. The van der Waals surface area contributed by atoms with Gasteiger partial charge in [0.05, 0.1) is 6.21 Å². The zero-order valence-corrected chi connectivity index (χ0v) is 9.94. The van der Waals surface area contributed by atoms with Crippen molar-refractivity contribution in [1.29, 1.82) is 0 Å². The van der Waals surface area contributed by atoms with Crippen LogP contribution in [0.1, 0.15) is 11.1 Å². The second-order valence-corrected chi connectivity index (χ2v) is 3.63. The third-order valence-corrected chi connectivity index (χ3v) is 2.24. The Morgan fingerprint density at radius 1 is 1.06 bits per heavy atom. The van der Waals surface area contributed by atoms with E-state index in [2.05, 4.69) is 10.1 Å². The molecular formula is C15H14N2O. The first kappa shape index (κ1) is 12.0. The van der Waals surface area contributed by atoms with Crippen LogP contribution in [0.5, 0.6) is 0 Å². The molecule has 0 aliphatic rings. The van der Waals surface area contributed by atoms with Gasteiger partial charge in [-0.3, -0.25) is 4.98 Å². The lowest BCUT2D eigenvalue weighted by Crippen LogP contribution is -1.86. The van der Waals surface area contributed by atoms with E-state index in [9.17, 15) is 0 Å². The molecule has 1 aromatic carbocycles. The third kappa shape index (κ3) is 4.22. The van der Waals surface area contributed by atoms with Gasteiger partial charge in [-0.05, 0) is 17.7 Å². The van der Waals surface area contributed by atoms with Crippen molar-refractivity contribution in [1.82, 2.24) is 4.98 Å². The van der Waals surface area contributed by atoms with Gasteiger partial charge in [-0.25, -0.2) is 0 Å². The Morgan fingerprint density at radius 3 is 2.67 bits per heavy atom. The molecule has 1 heterocycles. The molecule has 2 rings (SSSR count). The van der Waals surface area contributed by atoms with Gasteiger partial charge in [0.15, 0.2) is 0 Å². The SMILES string of the molecule is C(=Cc1ccccc1)CO/N=C/c1cccnc1. The monoisotopic (exact) mass is 238 g/mol. The van der Waals surface area contributed by atoms with Crippen LogP contribution < -0.4 is 0 Å². The van der Waals surface area contributed by atoms with E-state index in [4.69, 9.17) is 4.84 Å². The number of oxime groups is 1. The lowest BCUT2D eigenvalue weighted by Gasteiger charge is -1.94. The molecule has 0 saturated heterocycles. The summed E-state index contributed by atoms with van der Waals surface area (Å²) < 4.78 is 0. The average Bonchev–Trinajstić information content (AvgIpc) is 2.45. The molecule has 90 valence electrons. The Morgan fingerprint density at radius 2 is 1.89 bits per heavy atom. The van der Waals surface area contributed by atoms with Gasteiger partial charge in [0.2, 0.25) is 0 Å². The van der Waals surface area contributed by atoms with Crippen molar-refractivity contribution in [2.75, 3.05) is 6.61 Å². The fourth-order valence-electron chi connectivity index (χ4n) is 1.38. The zero-order chi connectivity index (χ0) is 12.5. The quantitative estimate of drug-likeness (QED) is 0.455. The van der Waals surface area contributed by atoms with Gasteiger partial charge in [-0.1, -0.05) is 47.6 Å². The molecule has 0 amide bonds. The molecule has 3 nitrogen and oxygen atoms in total. The molecule has 0 spiro atoms. The van der Waals surface area contributed by atoms with Crippen molar-refractivity contribution in [3.63, 3.8) is 0 Å². The van der Waals surface area contributed by atoms with Crippen LogP contribution in [0, 0.1) is 0 Å². The van der Waals surface area contributed by atoms with Crippen molar-refractivity contribution in [3.05, 3.63) is 72.1 Å². The first-order valence-electron chi connectivity index (χ1n) is 5.72. The van der Waals surface area contributed by atoms with Crippen LogP contribution in [-0.4, -0.2) is 17.8 Å². The van der Waals surface area contributed by atoms with E-state index in [1.54, 1.807) is 18.6 Å². The van der Waals surface area contributed by atoms with E-state index in [-0.39, 0.29) is 0 Å². The highest BCUT2D eigenvalue weighted by Crippen LogP contribution is 2.00. The molecule has 0 radical (unpaired) electrons. The van der Waals surface area contributed by atoms with Crippen molar-refractivity contribution in [2.24, 2.45) is 5.16 Å².